The number of carbonyl (C=O) groups is 1. The lowest BCUT2D eigenvalue weighted by atomic mass is 10.1. The molecule has 1 atom stereocenters. The third-order valence-electron chi connectivity index (χ3n) is 4.01. The van der Waals surface area contributed by atoms with Gasteiger partial charge in [0, 0.05) is 23.6 Å². The van der Waals surface area contributed by atoms with Crippen LogP contribution >= 0.6 is 15.9 Å². The SMILES string of the molecule is COc1cc(Br)ccc1C(=O)NCC1CCN(C(C)C)C1. The quantitative estimate of drug-likeness (QED) is 0.883. The standard InChI is InChI=1S/C16H23BrN2O2/c1-11(2)19-7-6-12(10-19)9-18-16(20)14-5-4-13(17)8-15(14)21-3/h4-5,8,11-12H,6-7,9-10H2,1-3H3,(H,18,20). The van der Waals surface area contributed by atoms with Gasteiger partial charge in [-0.1, -0.05) is 15.9 Å². The Balaban J connectivity index is 1.91. The lowest BCUT2D eigenvalue weighted by Crippen LogP contribution is -2.33. The summed E-state index contributed by atoms with van der Waals surface area (Å²) in [6.45, 7) is 7.35. The molecule has 0 saturated carbocycles. The first-order valence-corrected chi connectivity index (χ1v) is 8.16. The molecular formula is C16H23BrN2O2. The summed E-state index contributed by atoms with van der Waals surface area (Å²) < 4.78 is 6.17. The molecule has 0 bridgehead atoms. The molecule has 21 heavy (non-hydrogen) atoms. The first-order chi connectivity index (χ1) is 10.0. The number of nitrogens with zero attached hydrogens (tertiary/aromatic N) is 1. The molecule has 1 unspecified atom stereocenters. The number of amides is 1. The summed E-state index contributed by atoms with van der Waals surface area (Å²) in [5.74, 6) is 1.07. The zero-order valence-corrected chi connectivity index (χ0v) is 14.4. The van der Waals surface area contributed by atoms with Crippen LogP contribution in [0, 0.1) is 5.92 Å². The van der Waals surface area contributed by atoms with Crippen molar-refractivity contribution >= 4 is 21.8 Å². The monoisotopic (exact) mass is 354 g/mol. The van der Waals surface area contributed by atoms with Crippen LogP contribution in [0.25, 0.3) is 0 Å². The molecule has 1 saturated heterocycles. The van der Waals surface area contributed by atoms with Gasteiger partial charge in [-0.05, 0) is 50.9 Å². The highest BCUT2D eigenvalue weighted by molar-refractivity contribution is 9.10. The van der Waals surface area contributed by atoms with Gasteiger partial charge in [0.25, 0.3) is 5.91 Å². The molecule has 1 amide bonds. The van der Waals surface area contributed by atoms with Crippen molar-refractivity contribution in [2.75, 3.05) is 26.7 Å². The minimum atomic E-state index is -0.0673. The molecular weight excluding hydrogens is 332 g/mol. The number of carbonyl (C=O) groups excluding carboxylic acids is 1. The van der Waals surface area contributed by atoms with Crippen LogP contribution in [0.5, 0.6) is 5.75 Å². The van der Waals surface area contributed by atoms with Crippen LogP contribution in [0.2, 0.25) is 0 Å². The fourth-order valence-corrected chi connectivity index (χ4v) is 3.02. The molecule has 116 valence electrons. The normalized spacial score (nSPS) is 19.0. The third kappa shape index (κ3) is 4.20. The Morgan fingerprint density at radius 1 is 1.52 bits per heavy atom. The van der Waals surface area contributed by atoms with Crippen LogP contribution in [0.4, 0.5) is 0 Å². The predicted octanol–water partition coefficient (Wildman–Crippen LogP) is 2.92. The van der Waals surface area contributed by atoms with Gasteiger partial charge >= 0.3 is 0 Å². The number of ether oxygens (including phenoxy) is 1. The summed E-state index contributed by atoms with van der Waals surface area (Å²) >= 11 is 3.38. The van der Waals surface area contributed by atoms with Gasteiger partial charge in [0.2, 0.25) is 0 Å². The van der Waals surface area contributed by atoms with Gasteiger partial charge < -0.3 is 15.0 Å². The maximum atomic E-state index is 12.3. The lowest BCUT2D eigenvalue weighted by molar-refractivity contribution is 0.0944. The highest BCUT2D eigenvalue weighted by Crippen LogP contribution is 2.24. The van der Waals surface area contributed by atoms with E-state index in [1.54, 1.807) is 13.2 Å². The second kappa shape index (κ2) is 7.27. The molecule has 1 heterocycles. The highest BCUT2D eigenvalue weighted by atomic mass is 79.9. The second-order valence-electron chi connectivity index (χ2n) is 5.80. The van der Waals surface area contributed by atoms with E-state index < -0.39 is 0 Å². The maximum Gasteiger partial charge on any atom is 0.255 e. The Bertz CT molecular complexity index is 505. The van der Waals surface area contributed by atoms with Crippen molar-refractivity contribution in [2.24, 2.45) is 5.92 Å². The van der Waals surface area contributed by atoms with E-state index in [1.165, 1.54) is 0 Å². The maximum absolute atomic E-state index is 12.3. The summed E-state index contributed by atoms with van der Waals surface area (Å²) in [6, 6.07) is 6.03. The van der Waals surface area contributed by atoms with E-state index in [0.29, 0.717) is 23.3 Å². The summed E-state index contributed by atoms with van der Waals surface area (Å²) in [6.07, 6.45) is 1.15. The van der Waals surface area contributed by atoms with Gasteiger partial charge in [-0.2, -0.15) is 0 Å². The zero-order valence-electron chi connectivity index (χ0n) is 12.9. The Morgan fingerprint density at radius 2 is 2.29 bits per heavy atom. The minimum Gasteiger partial charge on any atom is -0.496 e. The van der Waals surface area contributed by atoms with Crippen LogP contribution in [-0.2, 0) is 0 Å². The Hall–Kier alpha value is -1.07. The second-order valence-corrected chi connectivity index (χ2v) is 6.71. The number of hydrogen-bond acceptors (Lipinski definition) is 3. The van der Waals surface area contributed by atoms with E-state index in [1.807, 2.05) is 12.1 Å². The summed E-state index contributed by atoms with van der Waals surface area (Å²) in [5.41, 5.74) is 0.583. The number of rotatable bonds is 5. The van der Waals surface area contributed by atoms with E-state index >= 15 is 0 Å². The molecule has 4 nitrogen and oxygen atoms in total. The summed E-state index contributed by atoms with van der Waals surface area (Å²) in [7, 11) is 1.58. The molecule has 0 radical (unpaired) electrons. The Labute approximate surface area is 135 Å². The van der Waals surface area contributed by atoms with Crippen LogP contribution in [0.3, 0.4) is 0 Å². The first-order valence-electron chi connectivity index (χ1n) is 7.37. The number of nitrogens with one attached hydrogen (secondary N) is 1. The van der Waals surface area contributed by atoms with Crippen LogP contribution in [0.15, 0.2) is 22.7 Å². The largest absolute Gasteiger partial charge is 0.496 e. The van der Waals surface area contributed by atoms with Crippen molar-refractivity contribution in [3.63, 3.8) is 0 Å². The van der Waals surface area contributed by atoms with Gasteiger partial charge in [-0.15, -0.1) is 0 Å². The van der Waals surface area contributed by atoms with E-state index in [4.69, 9.17) is 4.74 Å². The van der Waals surface area contributed by atoms with Crippen LogP contribution in [0.1, 0.15) is 30.6 Å². The van der Waals surface area contributed by atoms with Crippen molar-refractivity contribution in [1.82, 2.24) is 10.2 Å². The molecule has 0 aromatic heterocycles. The molecule has 1 aliphatic rings. The van der Waals surface area contributed by atoms with Crippen LogP contribution < -0.4 is 10.1 Å². The molecule has 2 rings (SSSR count). The smallest absolute Gasteiger partial charge is 0.255 e. The number of likely N-dealkylation sites (tertiary alicyclic amines) is 1. The van der Waals surface area contributed by atoms with E-state index in [9.17, 15) is 4.79 Å². The number of methoxy groups -OCH3 is 1. The van der Waals surface area contributed by atoms with Gasteiger partial charge in [-0.25, -0.2) is 0 Å². The van der Waals surface area contributed by atoms with E-state index in [0.717, 1.165) is 30.5 Å². The highest BCUT2D eigenvalue weighted by Gasteiger charge is 2.24. The fraction of sp³-hybridized carbons (Fsp3) is 0.562. The first kappa shape index (κ1) is 16.3. The number of hydrogen-bond donors (Lipinski definition) is 1. The van der Waals surface area contributed by atoms with Crippen molar-refractivity contribution in [3.8, 4) is 5.75 Å². The lowest BCUT2D eigenvalue weighted by Gasteiger charge is -2.20. The van der Waals surface area contributed by atoms with Crippen molar-refractivity contribution in [1.29, 1.82) is 0 Å². The molecule has 1 aliphatic heterocycles. The molecule has 1 aromatic carbocycles. The third-order valence-corrected chi connectivity index (χ3v) is 4.50. The molecule has 0 aliphatic carbocycles. The van der Waals surface area contributed by atoms with E-state index in [-0.39, 0.29) is 5.91 Å². The van der Waals surface area contributed by atoms with Gasteiger partial charge in [-0.3, -0.25) is 4.79 Å². The molecule has 0 spiro atoms. The van der Waals surface area contributed by atoms with Gasteiger partial charge in [0.1, 0.15) is 5.75 Å². The molecule has 1 aromatic rings. The average Bonchev–Trinajstić information content (AvgIpc) is 2.93. The van der Waals surface area contributed by atoms with Crippen molar-refractivity contribution in [2.45, 2.75) is 26.3 Å². The van der Waals surface area contributed by atoms with Crippen molar-refractivity contribution < 1.29 is 9.53 Å². The van der Waals surface area contributed by atoms with E-state index in [2.05, 4.69) is 40.0 Å². The molecule has 1 fully saturated rings. The number of halogens is 1. The molecule has 1 N–H and O–H groups in total. The van der Waals surface area contributed by atoms with Crippen molar-refractivity contribution in [3.05, 3.63) is 28.2 Å². The average molecular weight is 355 g/mol. The summed E-state index contributed by atoms with van der Waals surface area (Å²) in [5, 5.41) is 3.03. The fourth-order valence-electron chi connectivity index (χ4n) is 2.68. The zero-order chi connectivity index (χ0) is 15.4. The number of benzene rings is 1. The Kier molecular flexibility index (Phi) is 5.65. The minimum absolute atomic E-state index is 0.0673. The molecule has 5 heteroatoms. The Morgan fingerprint density at radius 3 is 2.90 bits per heavy atom. The topological polar surface area (TPSA) is 41.6 Å². The van der Waals surface area contributed by atoms with Gasteiger partial charge in [0.15, 0.2) is 0 Å². The predicted molar refractivity (Wildman–Crippen MR) is 87.8 cm³/mol. The van der Waals surface area contributed by atoms with Crippen LogP contribution in [-0.4, -0.2) is 43.6 Å². The van der Waals surface area contributed by atoms with Gasteiger partial charge in [0.05, 0.1) is 12.7 Å². The summed E-state index contributed by atoms with van der Waals surface area (Å²) in [4.78, 5) is 14.7.